The van der Waals surface area contributed by atoms with Crippen molar-refractivity contribution in [2.24, 2.45) is 0 Å². The zero-order valence-electron chi connectivity index (χ0n) is 15.5. The van der Waals surface area contributed by atoms with Gasteiger partial charge in [0.25, 0.3) is 11.8 Å². The molecule has 0 bridgehead atoms. The summed E-state index contributed by atoms with van der Waals surface area (Å²) in [6, 6.07) is 22.7. The number of hydrogen-bond donors (Lipinski definition) is 3. The van der Waals surface area contributed by atoms with Crippen LogP contribution in [-0.4, -0.2) is 31.4 Å². The number of likely N-dealkylation sites (N-methyl/N-ethyl adjacent to an activating group) is 1. The Morgan fingerprint density at radius 3 is 2.33 bits per heavy atom. The second kappa shape index (κ2) is 8.47. The lowest BCUT2D eigenvalue weighted by Gasteiger charge is -2.20. The predicted octanol–water partition coefficient (Wildman–Crippen LogP) is 2.32. The van der Waals surface area contributed by atoms with Gasteiger partial charge in [-0.2, -0.15) is 0 Å². The third-order valence-electron chi connectivity index (χ3n) is 4.68. The molecule has 3 aromatic rings. The highest BCUT2D eigenvalue weighted by atomic mass is 16.2. The quantitative estimate of drug-likeness (QED) is 0.630. The van der Waals surface area contributed by atoms with E-state index in [9.17, 15) is 9.59 Å². The molecule has 2 amide bonds. The minimum Gasteiger partial charge on any atom is -0.321 e. The zero-order valence-corrected chi connectivity index (χ0v) is 15.5. The molecule has 1 unspecified atom stereocenters. The third kappa shape index (κ3) is 4.71. The Bertz CT molecular complexity index is 935. The van der Waals surface area contributed by atoms with Gasteiger partial charge in [-0.1, -0.05) is 54.6 Å². The fraction of sp³-hybridized carbons (Fsp3) is 0.182. The van der Waals surface area contributed by atoms with Crippen LogP contribution < -0.4 is 15.5 Å². The van der Waals surface area contributed by atoms with Crippen molar-refractivity contribution in [1.29, 1.82) is 0 Å². The SMILES string of the molecule is C[C@H](C(=O)Nc1ccccc1)[NH+](C)CC(=O)Nc1cccc2ccccc12. The van der Waals surface area contributed by atoms with Crippen molar-refractivity contribution in [3.8, 4) is 0 Å². The molecule has 5 heteroatoms. The molecule has 2 atom stereocenters. The summed E-state index contributed by atoms with van der Waals surface area (Å²) >= 11 is 0. The van der Waals surface area contributed by atoms with Gasteiger partial charge in [0.05, 0.1) is 7.05 Å². The first-order valence-electron chi connectivity index (χ1n) is 9.00. The first-order valence-corrected chi connectivity index (χ1v) is 9.00. The number of benzene rings is 3. The van der Waals surface area contributed by atoms with Crippen LogP contribution >= 0.6 is 0 Å². The largest absolute Gasteiger partial charge is 0.321 e. The van der Waals surface area contributed by atoms with Crippen LogP contribution in [0.5, 0.6) is 0 Å². The van der Waals surface area contributed by atoms with E-state index in [1.807, 2.05) is 86.8 Å². The Hall–Kier alpha value is -3.18. The molecule has 3 N–H and O–H groups in total. The summed E-state index contributed by atoms with van der Waals surface area (Å²) in [6.07, 6.45) is 0. The van der Waals surface area contributed by atoms with Gasteiger partial charge < -0.3 is 15.5 Å². The van der Waals surface area contributed by atoms with Crippen molar-refractivity contribution in [3.63, 3.8) is 0 Å². The van der Waals surface area contributed by atoms with Crippen LogP contribution in [-0.2, 0) is 9.59 Å². The first-order chi connectivity index (χ1) is 13.0. The summed E-state index contributed by atoms with van der Waals surface area (Å²) in [5.74, 6) is -0.236. The molecule has 0 aliphatic rings. The second-order valence-corrected chi connectivity index (χ2v) is 6.67. The number of carbonyl (C=O) groups is 2. The number of anilines is 2. The maximum atomic E-state index is 12.5. The van der Waals surface area contributed by atoms with Crippen molar-refractivity contribution in [2.45, 2.75) is 13.0 Å². The molecule has 0 aromatic heterocycles. The van der Waals surface area contributed by atoms with E-state index in [1.165, 1.54) is 0 Å². The summed E-state index contributed by atoms with van der Waals surface area (Å²) in [7, 11) is 1.85. The molecular formula is C22H24N3O2+. The fourth-order valence-electron chi connectivity index (χ4n) is 2.93. The molecular weight excluding hydrogens is 338 g/mol. The molecule has 0 radical (unpaired) electrons. The van der Waals surface area contributed by atoms with Gasteiger partial charge in [0.15, 0.2) is 12.6 Å². The van der Waals surface area contributed by atoms with Crippen molar-refractivity contribution >= 4 is 34.0 Å². The number of hydrogen-bond acceptors (Lipinski definition) is 2. The van der Waals surface area contributed by atoms with E-state index < -0.39 is 0 Å². The van der Waals surface area contributed by atoms with Crippen LogP contribution in [0.15, 0.2) is 72.8 Å². The molecule has 3 rings (SSSR count). The highest BCUT2D eigenvalue weighted by Crippen LogP contribution is 2.22. The van der Waals surface area contributed by atoms with Gasteiger partial charge in [0, 0.05) is 16.8 Å². The van der Waals surface area contributed by atoms with Crippen molar-refractivity contribution in [2.75, 3.05) is 24.2 Å². The van der Waals surface area contributed by atoms with E-state index in [4.69, 9.17) is 0 Å². The number of nitrogens with one attached hydrogen (secondary N) is 3. The molecule has 0 aliphatic heterocycles. The molecule has 0 spiro atoms. The summed E-state index contributed by atoms with van der Waals surface area (Å²) in [4.78, 5) is 25.7. The standard InChI is InChI=1S/C22H23N3O2/c1-16(22(27)23-18-11-4-3-5-12-18)25(2)15-21(26)24-20-14-8-10-17-9-6-7-13-19(17)20/h3-14,16H,15H2,1-2H3,(H,23,27)(H,24,26)/p+1/t16-/m1/s1. The van der Waals surface area contributed by atoms with Crippen LogP contribution in [0.3, 0.4) is 0 Å². The normalized spacial score (nSPS) is 13.0. The molecule has 0 heterocycles. The molecule has 138 valence electrons. The molecule has 5 nitrogen and oxygen atoms in total. The number of quaternary nitrogens is 1. The van der Waals surface area contributed by atoms with Crippen LogP contribution in [0, 0.1) is 0 Å². The van der Waals surface area contributed by atoms with Crippen LogP contribution in [0.1, 0.15) is 6.92 Å². The van der Waals surface area contributed by atoms with Gasteiger partial charge in [0.2, 0.25) is 0 Å². The smallest absolute Gasteiger partial charge is 0.282 e. The van der Waals surface area contributed by atoms with E-state index in [0.29, 0.717) is 0 Å². The number of rotatable bonds is 6. The Kier molecular flexibility index (Phi) is 5.84. The van der Waals surface area contributed by atoms with E-state index in [2.05, 4.69) is 10.6 Å². The molecule has 27 heavy (non-hydrogen) atoms. The van der Waals surface area contributed by atoms with Gasteiger partial charge in [0.1, 0.15) is 0 Å². The number of para-hydroxylation sites is 1. The maximum absolute atomic E-state index is 12.5. The highest BCUT2D eigenvalue weighted by molar-refractivity contribution is 6.02. The van der Waals surface area contributed by atoms with Crippen molar-refractivity contribution < 1.29 is 14.5 Å². The fourth-order valence-corrected chi connectivity index (χ4v) is 2.93. The minimum atomic E-state index is -0.358. The number of fused-ring (bicyclic) bond motifs is 1. The lowest BCUT2D eigenvalue weighted by Crippen LogP contribution is -3.14. The Morgan fingerprint density at radius 2 is 1.56 bits per heavy atom. The van der Waals surface area contributed by atoms with Gasteiger partial charge in [-0.25, -0.2) is 0 Å². The Morgan fingerprint density at radius 1 is 0.889 bits per heavy atom. The van der Waals surface area contributed by atoms with E-state index in [-0.39, 0.29) is 24.4 Å². The lowest BCUT2D eigenvalue weighted by molar-refractivity contribution is -0.885. The Labute approximate surface area is 159 Å². The van der Waals surface area contributed by atoms with Crippen molar-refractivity contribution in [1.82, 2.24) is 0 Å². The van der Waals surface area contributed by atoms with E-state index in [1.54, 1.807) is 0 Å². The summed E-state index contributed by atoms with van der Waals surface area (Å²) < 4.78 is 0. The van der Waals surface area contributed by atoms with Gasteiger partial charge in [-0.3, -0.25) is 9.59 Å². The molecule has 3 aromatic carbocycles. The summed E-state index contributed by atoms with van der Waals surface area (Å²) in [5, 5.41) is 7.92. The lowest BCUT2D eigenvalue weighted by atomic mass is 10.1. The van der Waals surface area contributed by atoms with Crippen LogP contribution in [0.4, 0.5) is 11.4 Å². The van der Waals surface area contributed by atoms with Crippen LogP contribution in [0.2, 0.25) is 0 Å². The van der Waals surface area contributed by atoms with Gasteiger partial charge in [-0.05, 0) is 30.5 Å². The molecule has 0 saturated carbocycles. The molecule has 0 fully saturated rings. The average Bonchev–Trinajstić information content (AvgIpc) is 2.68. The molecule has 0 aliphatic carbocycles. The minimum absolute atomic E-state index is 0.114. The van der Waals surface area contributed by atoms with E-state index in [0.717, 1.165) is 27.0 Å². The van der Waals surface area contributed by atoms with Gasteiger partial charge in [-0.15, -0.1) is 0 Å². The van der Waals surface area contributed by atoms with E-state index >= 15 is 0 Å². The maximum Gasteiger partial charge on any atom is 0.282 e. The Balaban J connectivity index is 1.60. The first kappa shape index (κ1) is 18.6. The van der Waals surface area contributed by atoms with Crippen molar-refractivity contribution in [3.05, 3.63) is 72.8 Å². The number of carbonyl (C=O) groups excluding carboxylic acids is 2. The predicted molar refractivity (Wildman–Crippen MR) is 109 cm³/mol. The van der Waals surface area contributed by atoms with Crippen LogP contribution in [0.25, 0.3) is 10.8 Å². The van der Waals surface area contributed by atoms with Gasteiger partial charge >= 0.3 is 0 Å². The second-order valence-electron chi connectivity index (χ2n) is 6.67. The monoisotopic (exact) mass is 362 g/mol. The summed E-state index contributed by atoms with van der Waals surface area (Å²) in [6.45, 7) is 2.02. The average molecular weight is 362 g/mol. The summed E-state index contributed by atoms with van der Waals surface area (Å²) in [5.41, 5.74) is 1.54. The third-order valence-corrected chi connectivity index (χ3v) is 4.68. The topological polar surface area (TPSA) is 62.6 Å². The molecule has 0 saturated heterocycles. The highest BCUT2D eigenvalue weighted by Gasteiger charge is 2.24. The number of amides is 2. The zero-order chi connectivity index (χ0) is 19.2.